The molecule has 0 bridgehead atoms. The lowest BCUT2D eigenvalue weighted by molar-refractivity contribution is -0.134. The maximum absolute atomic E-state index is 10.7. The van der Waals surface area contributed by atoms with Crippen molar-refractivity contribution >= 4 is 24.1 Å². The fourth-order valence-corrected chi connectivity index (χ4v) is 1.36. The topological polar surface area (TPSA) is 68.3 Å². The Bertz CT molecular complexity index is 397. The fraction of sp³-hybridized carbons (Fsp3) is 0.500. The minimum absolute atomic E-state index is 0.380. The van der Waals surface area contributed by atoms with Gasteiger partial charge in [0.1, 0.15) is 12.6 Å². The van der Waals surface area contributed by atoms with E-state index in [2.05, 4.69) is 0 Å². The Kier molecular flexibility index (Phi) is 11.3. The monoisotopic (exact) mass is 280 g/mol. The normalized spacial score (nSPS) is 12.3. The first-order valence-corrected chi connectivity index (χ1v) is 6.58. The van der Waals surface area contributed by atoms with Gasteiger partial charge in [0.25, 0.3) is 0 Å². The van der Waals surface area contributed by atoms with Crippen LogP contribution in [-0.2, 0) is 19.2 Å². The van der Waals surface area contributed by atoms with Gasteiger partial charge in [0.15, 0.2) is 11.6 Å². The lowest BCUT2D eigenvalue weighted by Gasteiger charge is -2.08. The molecule has 0 aliphatic heterocycles. The van der Waals surface area contributed by atoms with Gasteiger partial charge in [-0.2, -0.15) is 0 Å². The highest BCUT2D eigenvalue weighted by molar-refractivity contribution is 6.35. The SMILES string of the molecule is CC(=O)C(C)=O.CCC(C=O)=C(C)C(C)=C(C=O)CC. The molecule has 0 fully saturated rings. The molecule has 0 atom stereocenters. The van der Waals surface area contributed by atoms with E-state index in [0.717, 1.165) is 34.9 Å². The number of Topliss-reactive ketones (excluding diaryl/α,β-unsaturated/α-hetero) is 2. The zero-order valence-corrected chi connectivity index (χ0v) is 13.2. The van der Waals surface area contributed by atoms with E-state index in [4.69, 9.17) is 0 Å². The van der Waals surface area contributed by atoms with Gasteiger partial charge in [-0.25, -0.2) is 0 Å². The Balaban J connectivity index is 0. The zero-order chi connectivity index (χ0) is 16.3. The van der Waals surface area contributed by atoms with Crippen molar-refractivity contribution in [1.82, 2.24) is 0 Å². The third-order valence-electron chi connectivity index (χ3n) is 3.07. The van der Waals surface area contributed by atoms with E-state index in [-0.39, 0.29) is 11.6 Å². The number of carbonyl (C=O) groups excluding carboxylic acids is 4. The number of allylic oxidation sites excluding steroid dienone is 4. The number of hydrogen-bond donors (Lipinski definition) is 0. The van der Waals surface area contributed by atoms with Crippen LogP contribution in [0.2, 0.25) is 0 Å². The van der Waals surface area contributed by atoms with E-state index in [1.807, 2.05) is 27.7 Å². The number of hydrogen-bond acceptors (Lipinski definition) is 4. The van der Waals surface area contributed by atoms with Crippen LogP contribution in [-0.4, -0.2) is 24.1 Å². The van der Waals surface area contributed by atoms with E-state index < -0.39 is 0 Å². The number of rotatable bonds is 6. The van der Waals surface area contributed by atoms with Crippen LogP contribution in [0, 0.1) is 0 Å². The van der Waals surface area contributed by atoms with Crippen LogP contribution in [0.25, 0.3) is 0 Å². The van der Waals surface area contributed by atoms with Gasteiger partial charge in [-0.05, 0) is 49.0 Å². The predicted molar refractivity (Wildman–Crippen MR) is 79.5 cm³/mol. The summed E-state index contributed by atoms with van der Waals surface area (Å²) in [5.74, 6) is -0.759. The van der Waals surface area contributed by atoms with E-state index in [1.54, 1.807) is 0 Å². The molecule has 0 aliphatic carbocycles. The average Bonchev–Trinajstić information content (AvgIpc) is 2.41. The maximum atomic E-state index is 10.7. The Labute approximate surface area is 120 Å². The third-order valence-corrected chi connectivity index (χ3v) is 3.07. The van der Waals surface area contributed by atoms with Gasteiger partial charge in [-0.3, -0.25) is 19.2 Å². The smallest absolute Gasteiger partial charge is 0.195 e. The van der Waals surface area contributed by atoms with E-state index in [1.165, 1.54) is 13.8 Å². The highest BCUT2D eigenvalue weighted by atomic mass is 16.2. The summed E-state index contributed by atoms with van der Waals surface area (Å²) < 4.78 is 0. The first kappa shape index (κ1) is 20.5. The largest absolute Gasteiger partial charge is 0.298 e. The molecule has 4 heteroatoms. The summed E-state index contributed by atoms with van der Waals surface area (Å²) >= 11 is 0. The predicted octanol–water partition coefficient (Wildman–Crippen LogP) is 3.00. The van der Waals surface area contributed by atoms with Crippen LogP contribution in [0.1, 0.15) is 54.4 Å². The van der Waals surface area contributed by atoms with Crippen molar-refractivity contribution in [3.8, 4) is 0 Å². The molecular weight excluding hydrogens is 256 g/mol. The summed E-state index contributed by atoms with van der Waals surface area (Å²) in [6.07, 6.45) is 3.17. The fourth-order valence-electron chi connectivity index (χ4n) is 1.36. The van der Waals surface area contributed by atoms with Gasteiger partial charge in [-0.1, -0.05) is 13.8 Å². The van der Waals surface area contributed by atoms with Crippen LogP contribution >= 0.6 is 0 Å². The average molecular weight is 280 g/mol. The summed E-state index contributed by atoms with van der Waals surface area (Å²) in [6, 6.07) is 0. The Morgan fingerprint density at radius 3 is 1.05 bits per heavy atom. The molecule has 0 N–H and O–H groups in total. The van der Waals surface area contributed by atoms with Crippen molar-refractivity contribution in [3.63, 3.8) is 0 Å². The molecule has 0 spiro atoms. The Hall–Kier alpha value is -1.84. The minimum atomic E-state index is -0.380. The van der Waals surface area contributed by atoms with Gasteiger partial charge in [-0.15, -0.1) is 0 Å². The highest BCUT2D eigenvalue weighted by Gasteiger charge is 2.05. The van der Waals surface area contributed by atoms with Crippen LogP contribution < -0.4 is 0 Å². The second-order valence-corrected chi connectivity index (χ2v) is 4.36. The lowest BCUT2D eigenvalue weighted by atomic mass is 9.97. The third kappa shape index (κ3) is 7.56. The second kappa shape index (κ2) is 11.0. The lowest BCUT2D eigenvalue weighted by Crippen LogP contribution is -2.01. The quantitative estimate of drug-likeness (QED) is 0.324. The van der Waals surface area contributed by atoms with Gasteiger partial charge in [0, 0.05) is 13.8 Å². The van der Waals surface area contributed by atoms with Crippen LogP contribution in [0.5, 0.6) is 0 Å². The van der Waals surface area contributed by atoms with Gasteiger partial charge >= 0.3 is 0 Å². The number of carbonyl (C=O) groups is 4. The zero-order valence-electron chi connectivity index (χ0n) is 13.2. The van der Waals surface area contributed by atoms with Crippen molar-refractivity contribution < 1.29 is 19.2 Å². The summed E-state index contributed by atoms with van der Waals surface area (Å²) in [7, 11) is 0. The molecule has 0 aliphatic rings. The molecule has 0 radical (unpaired) electrons. The molecule has 0 aromatic heterocycles. The van der Waals surface area contributed by atoms with Gasteiger partial charge in [0.2, 0.25) is 0 Å². The standard InChI is InChI=1S/C12H18O2.C4H6O2/c1-5-11(7-13)9(3)10(4)12(6-2)8-14;1-3(5)4(2)6/h7-8H,5-6H2,1-4H3;1-2H3. The number of ketones is 2. The van der Waals surface area contributed by atoms with Crippen molar-refractivity contribution in [2.45, 2.75) is 54.4 Å². The molecule has 4 nitrogen and oxygen atoms in total. The molecule has 0 heterocycles. The van der Waals surface area contributed by atoms with Crippen molar-refractivity contribution in [2.24, 2.45) is 0 Å². The Morgan fingerprint density at radius 1 is 0.700 bits per heavy atom. The maximum Gasteiger partial charge on any atom is 0.195 e. The van der Waals surface area contributed by atoms with Crippen LogP contribution in [0.15, 0.2) is 22.3 Å². The van der Waals surface area contributed by atoms with Crippen LogP contribution in [0.3, 0.4) is 0 Å². The minimum Gasteiger partial charge on any atom is -0.298 e. The van der Waals surface area contributed by atoms with Crippen molar-refractivity contribution in [3.05, 3.63) is 22.3 Å². The molecule has 112 valence electrons. The van der Waals surface area contributed by atoms with Gasteiger partial charge < -0.3 is 0 Å². The molecule has 0 amide bonds. The molecule has 0 saturated carbocycles. The van der Waals surface area contributed by atoms with E-state index in [0.29, 0.717) is 12.8 Å². The molecular formula is C16H24O4. The summed E-state index contributed by atoms with van der Waals surface area (Å²) in [5, 5.41) is 0. The van der Waals surface area contributed by atoms with E-state index in [9.17, 15) is 19.2 Å². The highest BCUT2D eigenvalue weighted by Crippen LogP contribution is 2.19. The molecule has 0 aromatic rings. The molecule has 0 saturated heterocycles. The summed E-state index contributed by atoms with van der Waals surface area (Å²) in [6.45, 7) is 10.2. The molecule has 0 rings (SSSR count). The molecule has 20 heavy (non-hydrogen) atoms. The molecule has 0 aromatic carbocycles. The number of aldehydes is 2. The summed E-state index contributed by atoms with van der Waals surface area (Å²) in [5.41, 5.74) is 3.42. The summed E-state index contributed by atoms with van der Waals surface area (Å²) in [4.78, 5) is 41.0. The van der Waals surface area contributed by atoms with Crippen LogP contribution in [0.4, 0.5) is 0 Å². The molecule has 0 unspecified atom stereocenters. The van der Waals surface area contributed by atoms with Crippen molar-refractivity contribution in [2.75, 3.05) is 0 Å². The van der Waals surface area contributed by atoms with Gasteiger partial charge in [0.05, 0.1) is 0 Å². The van der Waals surface area contributed by atoms with E-state index >= 15 is 0 Å². The van der Waals surface area contributed by atoms with Crippen molar-refractivity contribution in [1.29, 1.82) is 0 Å². The second-order valence-electron chi connectivity index (χ2n) is 4.36. The first-order chi connectivity index (χ1) is 9.26. The Morgan fingerprint density at radius 2 is 0.950 bits per heavy atom. The first-order valence-electron chi connectivity index (χ1n) is 6.58.